The van der Waals surface area contributed by atoms with Crippen LogP contribution in [0.3, 0.4) is 0 Å². The van der Waals surface area contributed by atoms with E-state index in [1.54, 1.807) is 39.7 Å². The van der Waals surface area contributed by atoms with Gasteiger partial charge in [-0.05, 0) is 79.2 Å². The summed E-state index contributed by atoms with van der Waals surface area (Å²) in [5.41, 5.74) is 5.38. The molecule has 4 aromatic heterocycles. The predicted molar refractivity (Wildman–Crippen MR) is 189 cm³/mol. The first-order valence-corrected chi connectivity index (χ1v) is 15.1. The van der Waals surface area contributed by atoms with Crippen molar-refractivity contribution in [2.45, 2.75) is 6.92 Å². The van der Waals surface area contributed by atoms with Gasteiger partial charge < -0.3 is 28.4 Å². The molecule has 6 aromatic rings. The number of aldehydes is 1. The first-order chi connectivity index (χ1) is 23.9. The molecule has 0 spiro atoms. The van der Waals surface area contributed by atoms with E-state index >= 15 is 0 Å². The Morgan fingerprint density at radius 1 is 0.592 bits per heavy atom. The molecule has 0 aliphatic heterocycles. The molecule has 0 atom stereocenters. The molecule has 0 bridgehead atoms. The van der Waals surface area contributed by atoms with Crippen molar-refractivity contribution in [1.29, 1.82) is 0 Å². The second kappa shape index (κ2) is 19.0. The molecule has 0 radical (unpaired) electrons. The predicted octanol–water partition coefficient (Wildman–Crippen LogP) is 7.22. The Kier molecular flexibility index (Phi) is 14.0. The molecule has 49 heavy (non-hydrogen) atoms. The van der Waals surface area contributed by atoms with Gasteiger partial charge in [0, 0.05) is 60.8 Å². The van der Waals surface area contributed by atoms with Crippen molar-refractivity contribution in [1.82, 2.24) is 19.9 Å². The van der Waals surface area contributed by atoms with Crippen molar-refractivity contribution >= 4 is 40.2 Å². The Hall–Kier alpha value is -5.91. The van der Waals surface area contributed by atoms with Gasteiger partial charge in [-0.2, -0.15) is 0 Å². The Balaban J connectivity index is 0.000000184. The maximum Gasteiger partial charge on any atom is 0.213 e. The summed E-state index contributed by atoms with van der Waals surface area (Å²) in [5.74, 6) is 2.62. The van der Waals surface area contributed by atoms with E-state index in [0.29, 0.717) is 17.3 Å². The van der Waals surface area contributed by atoms with E-state index in [0.717, 1.165) is 56.5 Å². The molecule has 0 aliphatic carbocycles. The summed E-state index contributed by atoms with van der Waals surface area (Å²) in [7, 11) is 6.31. The Labute approximate surface area is 285 Å². The molecule has 0 N–H and O–H groups in total. The molecule has 11 nitrogen and oxygen atoms in total. The zero-order valence-corrected chi connectivity index (χ0v) is 28.0. The first kappa shape index (κ1) is 35.9. The Morgan fingerprint density at radius 2 is 1.14 bits per heavy atom. The van der Waals surface area contributed by atoms with Gasteiger partial charge in [-0.15, -0.1) is 0 Å². The molecule has 2 aromatic carbocycles. The molecule has 0 fully saturated rings. The van der Waals surface area contributed by atoms with Crippen LogP contribution in [0.15, 0.2) is 97.3 Å². The summed E-state index contributed by atoms with van der Waals surface area (Å²) in [5, 5.41) is 2.10. The van der Waals surface area contributed by atoms with Gasteiger partial charge in [0.15, 0.2) is 13.6 Å². The maximum atomic E-state index is 10.2. The number of aromatic nitrogens is 4. The molecule has 6 rings (SSSR count). The highest BCUT2D eigenvalue weighted by atomic mass is 16.7. The second-order valence-corrected chi connectivity index (χ2v) is 10.2. The van der Waals surface area contributed by atoms with Gasteiger partial charge >= 0.3 is 0 Å². The topological polar surface area (TPSA) is 124 Å². The molecule has 0 aliphatic rings. The molecule has 0 amide bonds. The maximum absolute atomic E-state index is 10.2. The molecule has 4 heterocycles. The third-order valence-electron chi connectivity index (χ3n) is 6.69. The lowest BCUT2D eigenvalue weighted by Gasteiger charge is -2.06. The number of ether oxygens (including phenoxy) is 6. The minimum atomic E-state index is 0.231. The second-order valence-electron chi connectivity index (χ2n) is 10.2. The number of carbonyl (C=O) groups is 1. The van der Waals surface area contributed by atoms with Gasteiger partial charge in [0.1, 0.15) is 17.8 Å². The molecule has 11 heteroatoms. The lowest BCUT2D eigenvalue weighted by atomic mass is 10.1. The number of aryl methyl sites for hydroxylation is 1. The van der Waals surface area contributed by atoms with Gasteiger partial charge in [0.05, 0.1) is 30.9 Å². The highest BCUT2D eigenvalue weighted by Crippen LogP contribution is 2.22. The van der Waals surface area contributed by atoms with Crippen LogP contribution in [-0.2, 0) is 9.47 Å². The summed E-state index contributed by atoms with van der Waals surface area (Å²) >= 11 is 0. The summed E-state index contributed by atoms with van der Waals surface area (Å²) in [6.45, 7) is 2.48. The van der Waals surface area contributed by atoms with Crippen LogP contribution >= 0.6 is 0 Å². The van der Waals surface area contributed by atoms with E-state index in [4.69, 9.17) is 28.4 Å². The van der Waals surface area contributed by atoms with Crippen molar-refractivity contribution < 1.29 is 33.2 Å². The van der Waals surface area contributed by atoms with Crippen LogP contribution in [0.5, 0.6) is 23.3 Å². The van der Waals surface area contributed by atoms with E-state index in [-0.39, 0.29) is 13.6 Å². The SMILES string of the molecule is COCOc1ccc2nc(/C=C/c3ccnc(OC)c3)ccc2c1.COCOc1ccc2nc(C)ccc2c1.COc1cc(C=O)ccn1. The molecule has 0 saturated heterocycles. The van der Waals surface area contributed by atoms with Crippen LogP contribution in [-0.4, -0.2) is 68.2 Å². The van der Waals surface area contributed by atoms with E-state index < -0.39 is 0 Å². The summed E-state index contributed by atoms with van der Waals surface area (Å²) in [4.78, 5) is 27.2. The van der Waals surface area contributed by atoms with E-state index in [1.807, 2.05) is 91.9 Å². The quantitative estimate of drug-likeness (QED) is 0.103. The number of fused-ring (bicyclic) bond motifs is 2. The minimum absolute atomic E-state index is 0.231. The van der Waals surface area contributed by atoms with Gasteiger partial charge in [0.2, 0.25) is 11.8 Å². The fraction of sp³-hybridized carbons (Fsp3) is 0.184. The summed E-state index contributed by atoms with van der Waals surface area (Å²) < 4.78 is 30.4. The number of nitrogens with zero attached hydrogens (tertiary/aromatic N) is 4. The molecule has 0 unspecified atom stereocenters. The third-order valence-corrected chi connectivity index (χ3v) is 6.69. The van der Waals surface area contributed by atoms with Crippen LogP contribution < -0.4 is 18.9 Å². The van der Waals surface area contributed by atoms with Crippen LogP contribution in [0.4, 0.5) is 0 Å². The lowest BCUT2D eigenvalue weighted by molar-refractivity contribution is 0.0510. The normalized spacial score (nSPS) is 10.5. The molecule has 0 saturated carbocycles. The number of methoxy groups -OCH3 is 4. The van der Waals surface area contributed by atoms with Crippen LogP contribution in [0.1, 0.15) is 27.3 Å². The van der Waals surface area contributed by atoms with Gasteiger partial charge in [-0.1, -0.05) is 18.2 Å². The molecular weight excluding hydrogens is 624 g/mol. The fourth-order valence-corrected chi connectivity index (χ4v) is 4.28. The number of rotatable bonds is 11. The largest absolute Gasteiger partial charge is 0.481 e. The van der Waals surface area contributed by atoms with Crippen LogP contribution in [0.25, 0.3) is 34.0 Å². The standard InChI is InChI=1S/C19H18N2O3.C12H13NO2.C7H7NO2/c1-22-13-24-17-7-8-18-15(12-17)4-6-16(21-18)5-3-14-9-10-20-19(11-14)23-2;1-9-3-4-10-7-11(15-8-14-2)5-6-12(10)13-9;1-10-7-4-6(5-9)2-3-8-7/h3-12H,13H2,1-2H3;3-7H,8H2,1-2H3;2-5H,1H3/b5-3+;;. The van der Waals surface area contributed by atoms with E-state index in [9.17, 15) is 4.79 Å². The monoisotopic (exact) mass is 662 g/mol. The third kappa shape index (κ3) is 11.4. The number of benzene rings is 2. The van der Waals surface area contributed by atoms with Crippen molar-refractivity contribution in [3.63, 3.8) is 0 Å². The Bertz CT molecular complexity index is 1980. The lowest BCUT2D eigenvalue weighted by Crippen LogP contribution is -1.98. The molecular formula is C38H38N4O7. The number of hydrogen-bond acceptors (Lipinski definition) is 11. The average molecular weight is 663 g/mol. The summed E-state index contributed by atoms with van der Waals surface area (Å²) in [6, 6.07) is 26.6. The first-order valence-electron chi connectivity index (χ1n) is 15.1. The minimum Gasteiger partial charge on any atom is -0.481 e. The number of carbonyl (C=O) groups excluding carboxylic acids is 1. The zero-order valence-electron chi connectivity index (χ0n) is 28.0. The summed E-state index contributed by atoms with van der Waals surface area (Å²) in [6.07, 6.45) is 7.94. The highest BCUT2D eigenvalue weighted by molar-refractivity contribution is 5.82. The van der Waals surface area contributed by atoms with Gasteiger partial charge in [0.25, 0.3) is 0 Å². The van der Waals surface area contributed by atoms with Crippen molar-refractivity contribution in [3.05, 3.63) is 120 Å². The van der Waals surface area contributed by atoms with Crippen molar-refractivity contribution in [3.8, 4) is 23.3 Å². The zero-order chi connectivity index (χ0) is 34.8. The molecule has 252 valence electrons. The van der Waals surface area contributed by atoms with Crippen molar-refractivity contribution in [2.75, 3.05) is 42.0 Å². The van der Waals surface area contributed by atoms with Crippen LogP contribution in [0.2, 0.25) is 0 Å². The Morgan fingerprint density at radius 3 is 1.71 bits per heavy atom. The number of hydrogen-bond donors (Lipinski definition) is 0. The smallest absolute Gasteiger partial charge is 0.213 e. The van der Waals surface area contributed by atoms with Crippen LogP contribution in [0, 0.1) is 6.92 Å². The van der Waals surface area contributed by atoms with Gasteiger partial charge in [-0.3, -0.25) is 9.78 Å². The average Bonchev–Trinajstić information content (AvgIpc) is 3.15. The van der Waals surface area contributed by atoms with Gasteiger partial charge in [-0.25, -0.2) is 15.0 Å². The van der Waals surface area contributed by atoms with Crippen molar-refractivity contribution in [2.24, 2.45) is 0 Å². The van der Waals surface area contributed by atoms with E-state index in [2.05, 4.69) is 19.9 Å². The highest BCUT2D eigenvalue weighted by Gasteiger charge is 2.01. The van der Waals surface area contributed by atoms with E-state index in [1.165, 1.54) is 13.3 Å². The number of pyridine rings is 4. The fourth-order valence-electron chi connectivity index (χ4n) is 4.28.